The van der Waals surface area contributed by atoms with Gasteiger partial charge in [0, 0.05) is 19.0 Å². The van der Waals surface area contributed by atoms with Gasteiger partial charge in [-0.15, -0.1) is 0 Å². The largest absolute Gasteiger partial charge is 0.464 e. The van der Waals surface area contributed by atoms with Gasteiger partial charge in [-0.05, 0) is 48.4 Å². The fourth-order valence-corrected chi connectivity index (χ4v) is 3.48. The van der Waals surface area contributed by atoms with Crippen LogP contribution >= 0.6 is 0 Å². The van der Waals surface area contributed by atoms with Gasteiger partial charge in [0.05, 0.1) is 12.1 Å². The molecule has 0 radical (unpaired) electrons. The maximum absolute atomic E-state index is 12.8. The Morgan fingerprint density at radius 2 is 1.89 bits per heavy atom. The van der Waals surface area contributed by atoms with Crippen LogP contribution in [-0.4, -0.2) is 23.8 Å². The monoisotopic (exact) mass is 375 g/mol. The second-order valence-corrected chi connectivity index (χ2v) is 7.05. The van der Waals surface area contributed by atoms with Crippen molar-refractivity contribution in [3.05, 3.63) is 94.4 Å². The smallest absolute Gasteiger partial charge is 0.339 e. The first-order chi connectivity index (χ1) is 13.5. The van der Waals surface area contributed by atoms with E-state index in [1.165, 1.54) is 0 Å². The van der Waals surface area contributed by atoms with Crippen LogP contribution in [0.4, 0.5) is 0 Å². The van der Waals surface area contributed by atoms with Gasteiger partial charge in [-0.1, -0.05) is 30.3 Å². The molecule has 0 saturated heterocycles. The van der Waals surface area contributed by atoms with E-state index in [2.05, 4.69) is 0 Å². The lowest BCUT2D eigenvalue weighted by Gasteiger charge is -2.25. The van der Waals surface area contributed by atoms with Crippen molar-refractivity contribution in [3.63, 3.8) is 0 Å². The van der Waals surface area contributed by atoms with E-state index >= 15 is 0 Å². The maximum atomic E-state index is 12.8. The highest BCUT2D eigenvalue weighted by Gasteiger charge is 2.28. The normalized spacial score (nSPS) is 15.6. The third-order valence-corrected chi connectivity index (χ3v) is 4.93. The number of ether oxygens (including phenoxy) is 1. The molecule has 1 aliphatic rings. The predicted octanol–water partition coefficient (Wildman–Crippen LogP) is 4.31. The van der Waals surface area contributed by atoms with Crippen molar-refractivity contribution in [2.45, 2.75) is 26.0 Å². The minimum atomic E-state index is -0.353. The molecule has 28 heavy (non-hydrogen) atoms. The first-order valence-electron chi connectivity index (χ1n) is 9.21. The molecule has 2 aromatic carbocycles. The number of carbonyl (C=O) groups is 2. The molecule has 0 saturated carbocycles. The summed E-state index contributed by atoms with van der Waals surface area (Å²) in [7, 11) is 1.74. The fourth-order valence-electron chi connectivity index (χ4n) is 3.48. The van der Waals surface area contributed by atoms with Crippen LogP contribution in [-0.2, 0) is 17.7 Å². The predicted molar refractivity (Wildman–Crippen MR) is 104 cm³/mol. The molecule has 1 atom stereocenters. The Morgan fingerprint density at radius 1 is 1.11 bits per heavy atom. The summed E-state index contributed by atoms with van der Waals surface area (Å²) in [5, 5.41) is 0. The van der Waals surface area contributed by atoms with Crippen molar-refractivity contribution in [2.24, 2.45) is 0 Å². The zero-order valence-corrected chi connectivity index (χ0v) is 15.8. The van der Waals surface area contributed by atoms with E-state index in [1.54, 1.807) is 30.1 Å². The molecule has 3 aromatic rings. The lowest BCUT2D eigenvalue weighted by molar-refractivity contribution is 0.0252. The summed E-state index contributed by atoms with van der Waals surface area (Å²) >= 11 is 0. The van der Waals surface area contributed by atoms with Crippen LogP contribution in [0.2, 0.25) is 0 Å². The van der Waals surface area contributed by atoms with E-state index < -0.39 is 0 Å². The van der Waals surface area contributed by atoms with Crippen LogP contribution in [0.25, 0.3) is 0 Å². The van der Waals surface area contributed by atoms with E-state index in [-0.39, 0.29) is 18.0 Å². The summed E-state index contributed by atoms with van der Waals surface area (Å²) in [6.07, 6.45) is 0.211. The summed E-state index contributed by atoms with van der Waals surface area (Å²) in [5.41, 5.74) is 2.85. The Morgan fingerprint density at radius 3 is 2.61 bits per heavy atom. The molecule has 142 valence electrons. The second kappa shape index (κ2) is 7.35. The molecular formula is C23H21NO4. The second-order valence-electron chi connectivity index (χ2n) is 7.05. The lowest BCUT2D eigenvalue weighted by atomic mass is 9.93. The molecule has 0 fully saturated rings. The molecular weight excluding hydrogens is 354 g/mol. The SMILES string of the molecule is Cc1ccc(CN(C)C(=O)c2ccc3c(c2)C[C@@H](c2ccccc2)OC3=O)o1. The Balaban J connectivity index is 1.56. The van der Waals surface area contributed by atoms with E-state index in [0.717, 1.165) is 22.6 Å². The van der Waals surface area contributed by atoms with E-state index in [9.17, 15) is 9.59 Å². The van der Waals surface area contributed by atoms with Crippen LogP contribution in [0.5, 0.6) is 0 Å². The highest BCUT2D eigenvalue weighted by Crippen LogP contribution is 2.31. The van der Waals surface area contributed by atoms with Gasteiger partial charge >= 0.3 is 5.97 Å². The minimum absolute atomic E-state index is 0.118. The Labute approximate surface area is 163 Å². The van der Waals surface area contributed by atoms with E-state index in [0.29, 0.717) is 24.1 Å². The first kappa shape index (κ1) is 18.0. The number of rotatable bonds is 4. The summed E-state index contributed by atoms with van der Waals surface area (Å²) in [4.78, 5) is 26.8. The van der Waals surface area contributed by atoms with Crippen LogP contribution in [0, 0.1) is 6.92 Å². The number of nitrogens with zero attached hydrogens (tertiary/aromatic N) is 1. The average molecular weight is 375 g/mol. The summed E-state index contributed by atoms with van der Waals surface area (Å²) in [6.45, 7) is 2.26. The number of furan rings is 1. The van der Waals surface area contributed by atoms with Crippen LogP contribution in [0.3, 0.4) is 0 Å². The van der Waals surface area contributed by atoms with Gasteiger partial charge in [0.2, 0.25) is 0 Å². The Hall–Kier alpha value is -3.34. The van der Waals surface area contributed by atoms with Crippen LogP contribution in [0.15, 0.2) is 65.1 Å². The maximum Gasteiger partial charge on any atom is 0.339 e. The van der Waals surface area contributed by atoms with Gasteiger partial charge < -0.3 is 14.1 Å². The molecule has 0 N–H and O–H groups in total. The molecule has 2 heterocycles. The number of benzene rings is 2. The lowest BCUT2D eigenvalue weighted by Crippen LogP contribution is -2.27. The fraction of sp³-hybridized carbons (Fsp3) is 0.217. The van der Waals surface area contributed by atoms with Crippen LogP contribution < -0.4 is 0 Å². The molecule has 1 aromatic heterocycles. The standard InChI is InChI=1S/C23H21NO4/c1-15-8-10-19(27-15)14-24(2)22(25)17-9-11-20-18(12-17)13-21(28-23(20)26)16-6-4-3-5-7-16/h3-12,21H,13-14H2,1-2H3/t21-/m0/s1. The number of fused-ring (bicyclic) bond motifs is 1. The van der Waals surface area contributed by atoms with Crippen molar-refractivity contribution in [2.75, 3.05) is 7.05 Å². The van der Waals surface area contributed by atoms with Gasteiger partial charge in [-0.25, -0.2) is 4.79 Å². The zero-order chi connectivity index (χ0) is 19.7. The summed E-state index contributed by atoms with van der Waals surface area (Å²) in [5.74, 6) is 1.08. The first-order valence-corrected chi connectivity index (χ1v) is 9.21. The molecule has 4 rings (SSSR count). The average Bonchev–Trinajstić information content (AvgIpc) is 3.12. The number of hydrogen-bond acceptors (Lipinski definition) is 4. The summed E-state index contributed by atoms with van der Waals surface area (Å²) in [6, 6.07) is 18.6. The van der Waals surface area contributed by atoms with Crippen molar-refractivity contribution in [1.29, 1.82) is 0 Å². The third kappa shape index (κ3) is 3.56. The van der Waals surface area contributed by atoms with Gasteiger partial charge in [-0.2, -0.15) is 0 Å². The topological polar surface area (TPSA) is 59.8 Å². The number of carbonyl (C=O) groups excluding carboxylic acids is 2. The number of cyclic esters (lactones) is 1. The number of esters is 1. The number of hydrogen-bond donors (Lipinski definition) is 0. The number of aryl methyl sites for hydroxylation is 1. The third-order valence-electron chi connectivity index (χ3n) is 4.93. The summed E-state index contributed by atoms with van der Waals surface area (Å²) < 4.78 is 11.1. The zero-order valence-electron chi connectivity index (χ0n) is 15.8. The van der Waals surface area contributed by atoms with E-state index in [1.807, 2.05) is 49.4 Å². The van der Waals surface area contributed by atoms with E-state index in [4.69, 9.17) is 9.15 Å². The molecule has 5 nitrogen and oxygen atoms in total. The molecule has 1 amide bonds. The van der Waals surface area contributed by atoms with Gasteiger partial charge in [0.1, 0.15) is 17.6 Å². The van der Waals surface area contributed by atoms with Crippen LogP contribution in [0.1, 0.15) is 49.5 Å². The molecule has 0 aliphatic carbocycles. The highest BCUT2D eigenvalue weighted by molar-refractivity contribution is 5.97. The van der Waals surface area contributed by atoms with Crippen molar-refractivity contribution >= 4 is 11.9 Å². The minimum Gasteiger partial charge on any atom is -0.464 e. The van der Waals surface area contributed by atoms with Crippen molar-refractivity contribution < 1.29 is 18.7 Å². The highest BCUT2D eigenvalue weighted by atomic mass is 16.5. The Kier molecular flexibility index (Phi) is 4.74. The molecule has 0 spiro atoms. The quantitative estimate of drug-likeness (QED) is 0.638. The van der Waals surface area contributed by atoms with Gasteiger partial charge in [0.25, 0.3) is 5.91 Å². The van der Waals surface area contributed by atoms with Crippen molar-refractivity contribution in [3.8, 4) is 0 Å². The number of amides is 1. The molecule has 5 heteroatoms. The molecule has 1 aliphatic heterocycles. The Bertz CT molecular complexity index is 1020. The van der Waals surface area contributed by atoms with Gasteiger partial charge in [0.15, 0.2) is 0 Å². The van der Waals surface area contributed by atoms with Gasteiger partial charge in [-0.3, -0.25) is 4.79 Å². The molecule has 0 unspecified atom stereocenters. The molecule has 0 bridgehead atoms. The van der Waals surface area contributed by atoms with Crippen molar-refractivity contribution in [1.82, 2.24) is 4.90 Å².